The van der Waals surface area contributed by atoms with Gasteiger partial charge < -0.3 is 15.4 Å². The lowest BCUT2D eigenvalue weighted by atomic mass is 10.3. The van der Waals surface area contributed by atoms with Crippen molar-refractivity contribution in [1.29, 1.82) is 0 Å². The first kappa shape index (κ1) is 19.0. The van der Waals surface area contributed by atoms with E-state index in [1.54, 1.807) is 18.7 Å². The van der Waals surface area contributed by atoms with Crippen LogP contribution >= 0.6 is 0 Å². The maximum absolute atomic E-state index is 12.0. The molecule has 10 nitrogen and oxygen atoms in total. The lowest BCUT2D eigenvalue weighted by molar-refractivity contribution is -0.121. The minimum absolute atomic E-state index is 0.0354. The van der Waals surface area contributed by atoms with Crippen molar-refractivity contribution >= 4 is 28.7 Å². The van der Waals surface area contributed by atoms with Gasteiger partial charge in [-0.05, 0) is 37.1 Å². The molecule has 0 radical (unpaired) electrons. The molecule has 0 fully saturated rings. The SMILES string of the molecule is O=C1CCCOc2ccc(cc2)-n2cnc3cnc(nc32)Nc2cnn(c2)CCCN1. The van der Waals surface area contributed by atoms with E-state index in [4.69, 9.17) is 4.74 Å². The fourth-order valence-corrected chi connectivity index (χ4v) is 3.42. The topological polar surface area (TPSA) is 112 Å². The van der Waals surface area contributed by atoms with Crippen molar-refractivity contribution < 1.29 is 9.53 Å². The van der Waals surface area contributed by atoms with Gasteiger partial charge in [0.25, 0.3) is 0 Å². The van der Waals surface area contributed by atoms with E-state index in [1.807, 2.05) is 39.7 Å². The third kappa shape index (κ3) is 4.32. The van der Waals surface area contributed by atoms with Gasteiger partial charge in [0.15, 0.2) is 5.65 Å². The Balaban J connectivity index is 1.45. The maximum atomic E-state index is 12.0. The largest absolute Gasteiger partial charge is 0.494 e. The summed E-state index contributed by atoms with van der Waals surface area (Å²) in [6.07, 6.45) is 8.94. The molecular formula is C21H22N8O2. The van der Waals surface area contributed by atoms with Gasteiger partial charge in [-0.2, -0.15) is 10.1 Å². The van der Waals surface area contributed by atoms with Crippen LogP contribution in [0.4, 0.5) is 11.6 Å². The highest BCUT2D eigenvalue weighted by atomic mass is 16.5. The van der Waals surface area contributed by atoms with Crippen LogP contribution in [0, 0.1) is 0 Å². The average Bonchev–Trinajstić information content (AvgIpc) is 3.41. The van der Waals surface area contributed by atoms with Crippen molar-refractivity contribution in [2.45, 2.75) is 25.8 Å². The lowest BCUT2D eigenvalue weighted by Crippen LogP contribution is -2.25. The van der Waals surface area contributed by atoms with Crippen LogP contribution < -0.4 is 15.4 Å². The summed E-state index contributed by atoms with van der Waals surface area (Å²) >= 11 is 0. The smallest absolute Gasteiger partial charge is 0.229 e. The summed E-state index contributed by atoms with van der Waals surface area (Å²) in [5.74, 6) is 1.26. The Kier molecular flexibility index (Phi) is 5.17. The molecule has 5 heterocycles. The zero-order valence-electron chi connectivity index (χ0n) is 16.9. The second-order valence-electron chi connectivity index (χ2n) is 7.28. The second kappa shape index (κ2) is 8.42. The fraction of sp³-hybridized carbons (Fsp3) is 0.286. The standard InChI is InChI=1S/C21H22N8O2/c30-19-3-1-10-31-17-6-4-16(5-7-17)29-14-24-18-12-23-21(27-20(18)29)26-15-11-25-28(13-15)9-2-8-22-19/h4-7,11-14H,1-3,8-10H2,(H,22,30)(H,23,26,27). The number of hydrogen-bond donors (Lipinski definition) is 2. The fourth-order valence-electron chi connectivity index (χ4n) is 3.42. The van der Waals surface area contributed by atoms with Crippen LogP contribution in [-0.2, 0) is 11.3 Å². The molecule has 1 amide bonds. The van der Waals surface area contributed by atoms with Crippen LogP contribution in [-0.4, -0.2) is 48.4 Å². The van der Waals surface area contributed by atoms with Gasteiger partial charge in [0.1, 0.15) is 17.6 Å². The van der Waals surface area contributed by atoms with Gasteiger partial charge in [-0.25, -0.2) is 9.97 Å². The summed E-state index contributed by atoms with van der Waals surface area (Å²) in [5, 5.41) is 10.5. The van der Waals surface area contributed by atoms with Crippen LogP contribution in [0.3, 0.4) is 0 Å². The summed E-state index contributed by atoms with van der Waals surface area (Å²) in [6.45, 7) is 1.79. The minimum atomic E-state index is 0.0354. The van der Waals surface area contributed by atoms with Gasteiger partial charge in [0, 0.05) is 31.4 Å². The molecular weight excluding hydrogens is 396 g/mol. The van der Waals surface area contributed by atoms with Gasteiger partial charge >= 0.3 is 0 Å². The van der Waals surface area contributed by atoms with Crippen molar-refractivity contribution in [2.75, 3.05) is 18.5 Å². The zero-order valence-corrected chi connectivity index (χ0v) is 16.9. The van der Waals surface area contributed by atoms with Crippen LogP contribution in [0.1, 0.15) is 19.3 Å². The molecule has 158 valence electrons. The average molecular weight is 418 g/mol. The molecule has 0 atom stereocenters. The Morgan fingerprint density at radius 1 is 1.06 bits per heavy atom. The molecule has 1 aromatic carbocycles. The highest BCUT2D eigenvalue weighted by Gasteiger charge is 2.10. The first-order valence-electron chi connectivity index (χ1n) is 10.2. The Morgan fingerprint density at radius 2 is 1.97 bits per heavy atom. The highest BCUT2D eigenvalue weighted by Crippen LogP contribution is 2.21. The summed E-state index contributed by atoms with van der Waals surface area (Å²) < 4.78 is 9.50. The van der Waals surface area contributed by atoms with Crippen molar-refractivity contribution in [1.82, 2.24) is 34.6 Å². The predicted octanol–water partition coefficient (Wildman–Crippen LogP) is 2.43. The molecule has 2 N–H and O–H groups in total. The molecule has 6 rings (SSSR count). The van der Waals surface area contributed by atoms with Gasteiger partial charge in [-0.15, -0.1) is 0 Å². The zero-order chi connectivity index (χ0) is 21.0. The number of carbonyl (C=O) groups excluding carboxylic acids is 1. The Hall–Kier alpha value is -3.95. The molecule has 3 aromatic heterocycles. The number of amides is 1. The molecule has 0 spiro atoms. The number of nitrogens with one attached hydrogen (secondary N) is 2. The van der Waals surface area contributed by atoms with E-state index in [2.05, 4.69) is 30.7 Å². The van der Waals surface area contributed by atoms with E-state index in [0.29, 0.717) is 49.7 Å². The number of fused-ring (bicyclic) bond motifs is 10. The molecule has 6 bridgehead atoms. The van der Waals surface area contributed by atoms with Crippen LogP contribution in [0.25, 0.3) is 16.9 Å². The highest BCUT2D eigenvalue weighted by molar-refractivity contribution is 5.75. The number of nitrogens with zero attached hydrogens (tertiary/aromatic N) is 6. The number of imidazole rings is 1. The Morgan fingerprint density at radius 3 is 2.87 bits per heavy atom. The van der Waals surface area contributed by atoms with E-state index in [-0.39, 0.29) is 5.91 Å². The van der Waals surface area contributed by atoms with Crippen molar-refractivity contribution in [2.24, 2.45) is 0 Å². The van der Waals surface area contributed by atoms with E-state index in [9.17, 15) is 4.79 Å². The van der Waals surface area contributed by atoms with Gasteiger partial charge in [-0.3, -0.25) is 14.0 Å². The number of carbonyl (C=O) groups is 1. The number of hydrogen-bond acceptors (Lipinski definition) is 7. The second-order valence-corrected chi connectivity index (χ2v) is 7.28. The first-order valence-corrected chi connectivity index (χ1v) is 10.2. The summed E-state index contributed by atoms with van der Waals surface area (Å²) in [4.78, 5) is 25.4. The number of ether oxygens (including phenoxy) is 1. The molecule has 0 saturated carbocycles. The summed E-state index contributed by atoms with van der Waals surface area (Å²) in [7, 11) is 0. The lowest BCUT2D eigenvalue weighted by Gasteiger charge is -2.09. The number of aryl methyl sites for hydroxylation is 1. The van der Waals surface area contributed by atoms with Crippen LogP contribution in [0.2, 0.25) is 0 Å². The molecule has 0 saturated heterocycles. The van der Waals surface area contributed by atoms with Gasteiger partial charge in [0.2, 0.25) is 11.9 Å². The monoisotopic (exact) mass is 418 g/mol. The molecule has 31 heavy (non-hydrogen) atoms. The minimum Gasteiger partial charge on any atom is -0.494 e. The summed E-state index contributed by atoms with van der Waals surface area (Å²) in [5.41, 5.74) is 3.12. The predicted molar refractivity (Wildman–Crippen MR) is 115 cm³/mol. The molecule has 4 aromatic rings. The van der Waals surface area contributed by atoms with Gasteiger partial charge in [0.05, 0.1) is 24.7 Å². The van der Waals surface area contributed by atoms with E-state index in [1.165, 1.54) is 0 Å². The third-order valence-corrected chi connectivity index (χ3v) is 5.00. The maximum Gasteiger partial charge on any atom is 0.229 e. The Bertz CT molecular complexity index is 1200. The molecule has 0 unspecified atom stereocenters. The van der Waals surface area contributed by atoms with Crippen molar-refractivity contribution in [3.05, 3.63) is 49.2 Å². The molecule has 2 aliphatic heterocycles. The van der Waals surface area contributed by atoms with Gasteiger partial charge in [-0.1, -0.05) is 0 Å². The third-order valence-electron chi connectivity index (χ3n) is 5.00. The Labute approximate surface area is 178 Å². The molecule has 0 aliphatic carbocycles. The number of aromatic nitrogens is 6. The number of rotatable bonds is 0. The van der Waals surface area contributed by atoms with Crippen molar-refractivity contribution in [3.63, 3.8) is 0 Å². The first-order chi connectivity index (χ1) is 15.2. The quantitative estimate of drug-likeness (QED) is 0.451. The summed E-state index contributed by atoms with van der Waals surface area (Å²) in [6, 6.07) is 7.70. The van der Waals surface area contributed by atoms with Crippen LogP contribution in [0.15, 0.2) is 49.2 Å². The number of anilines is 2. The number of benzene rings is 1. The molecule has 2 aliphatic rings. The molecule has 10 heteroatoms. The van der Waals surface area contributed by atoms with E-state index in [0.717, 1.165) is 23.5 Å². The van der Waals surface area contributed by atoms with E-state index < -0.39 is 0 Å². The van der Waals surface area contributed by atoms with E-state index >= 15 is 0 Å². The van der Waals surface area contributed by atoms with Crippen molar-refractivity contribution in [3.8, 4) is 11.4 Å². The normalized spacial score (nSPS) is 15.2. The van der Waals surface area contributed by atoms with Crippen LogP contribution in [0.5, 0.6) is 5.75 Å².